The van der Waals surface area contributed by atoms with Crippen LogP contribution in [0.15, 0.2) is 29.2 Å². The largest absolute Gasteiger partial charge is 0.508 e. The summed E-state index contributed by atoms with van der Waals surface area (Å²) in [4.78, 5) is 15.2. The predicted molar refractivity (Wildman–Crippen MR) is 78.5 cm³/mol. The van der Waals surface area contributed by atoms with Crippen molar-refractivity contribution in [2.24, 2.45) is 0 Å². The molecule has 0 spiro atoms. The summed E-state index contributed by atoms with van der Waals surface area (Å²) >= 11 is 1.67. The van der Waals surface area contributed by atoms with E-state index in [0.717, 1.165) is 36.6 Å². The number of thioether (sulfide) groups is 1. The number of hydrogen-bond acceptors (Lipinski definition) is 3. The number of phenolic OH excluding ortho intramolecular Hbond substituents is 1. The maximum atomic E-state index is 12.1. The van der Waals surface area contributed by atoms with Crippen molar-refractivity contribution in [1.29, 1.82) is 0 Å². The zero-order valence-corrected chi connectivity index (χ0v) is 12.0. The van der Waals surface area contributed by atoms with Crippen LogP contribution in [0.3, 0.4) is 0 Å². The molecule has 1 N–H and O–H groups in total. The minimum absolute atomic E-state index is 0.282. The number of nitrogens with zero attached hydrogens (tertiary/aromatic N) is 1. The van der Waals surface area contributed by atoms with Crippen molar-refractivity contribution in [3.05, 3.63) is 24.3 Å². The molecule has 2 rings (SSSR count). The van der Waals surface area contributed by atoms with Crippen molar-refractivity contribution in [2.75, 3.05) is 18.8 Å². The van der Waals surface area contributed by atoms with Crippen molar-refractivity contribution in [1.82, 2.24) is 4.90 Å². The van der Waals surface area contributed by atoms with E-state index in [9.17, 15) is 9.90 Å². The van der Waals surface area contributed by atoms with Gasteiger partial charge in [-0.3, -0.25) is 4.79 Å². The van der Waals surface area contributed by atoms with Crippen LogP contribution in [0.5, 0.6) is 5.75 Å². The highest BCUT2D eigenvalue weighted by Gasteiger charge is 2.14. The fourth-order valence-electron chi connectivity index (χ4n) is 2.28. The molecule has 19 heavy (non-hydrogen) atoms. The van der Waals surface area contributed by atoms with E-state index in [1.807, 2.05) is 17.0 Å². The molecule has 1 aliphatic heterocycles. The van der Waals surface area contributed by atoms with Gasteiger partial charge in [0.15, 0.2) is 0 Å². The Bertz CT molecular complexity index is 397. The molecule has 0 atom stereocenters. The molecule has 3 nitrogen and oxygen atoms in total. The lowest BCUT2D eigenvalue weighted by Gasteiger charge is -2.20. The Balaban J connectivity index is 1.72. The van der Waals surface area contributed by atoms with Gasteiger partial charge in [0.25, 0.3) is 0 Å². The normalized spacial score (nSPS) is 16.1. The maximum Gasteiger partial charge on any atom is 0.223 e. The molecule has 1 aromatic carbocycles. The Morgan fingerprint density at radius 2 is 1.74 bits per heavy atom. The summed E-state index contributed by atoms with van der Waals surface area (Å²) < 4.78 is 0. The van der Waals surface area contributed by atoms with Gasteiger partial charge >= 0.3 is 0 Å². The Labute approximate surface area is 119 Å². The van der Waals surface area contributed by atoms with Gasteiger partial charge in [0.2, 0.25) is 5.91 Å². The summed E-state index contributed by atoms with van der Waals surface area (Å²) in [7, 11) is 0. The lowest BCUT2D eigenvalue weighted by atomic mass is 10.2. The Morgan fingerprint density at radius 1 is 1.11 bits per heavy atom. The molecule has 1 aromatic rings. The molecule has 104 valence electrons. The van der Waals surface area contributed by atoms with E-state index in [2.05, 4.69) is 0 Å². The molecule has 1 saturated heterocycles. The Hall–Kier alpha value is -1.16. The van der Waals surface area contributed by atoms with Gasteiger partial charge in [0, 0.05) is 30.2 Å². The van der Waals surface area contributed by atoms with E-state index in [4.69, 9.17) is 0 Å². The minimum atomic E-state index is 0.282. The summed E-state index contributed by atoms with van der Waals surface area (Å²) in [6, 6.07) is 7.13. The van der Waals surface area contributed by atoms with Crippen LogP contribution in [0.25, 0.3) is 0 Å². The first-order chi connectivity index (χ1) is 9.25. The molecule has 0 bridgehead atoms. The maximum absolute atomic E-state index is 12.1. The van der Waals surface area contributed by atoms with Crippen molar-refractivity contribution >= 4 is 17.7 Å². The molecule has 0 radical (unpaired) electrons. The predicted octanol–water partition coefficient (Wildman–Crippen LogP) is 3.28. The molecule has 0 unspecified atom stereocenters. The zero-order valence-electron chi connectivity index (χ0n) is 11.2. The third-order valence-corrected chi connectivity index (χ3v) is 4.39. The Kier molecular flexibility index (Phi) is 5.58. The molecule has 1 fully saturated rings. The van der Waals surface area contributed by atoms with Crippen LogP contribution in [0.1, 0.15) is 32.1 Å². The molecular weight excluding hydrogens is 258 g/mol. The Morgan fingerprint density at radius 3 is 2.37 bits per heavy atom. The van der Waals surface area contributed by atoms with Gasteiger partial charge in [-0.05, 0) is 37.1 Å². The van der Waals surface area contributed by atoms with Crippen LogP contribution >= 0.6 is 11.8 Å². The number of phenols is 1. The quantitative estimate of drug-likeness (QED) is 0.860. The third kappa shape index (κ3) is 4.78. The van der Waals surface area contributed by atoms with E-state index < -0.39 is 0 Å². The van der Waals surface area contributed by atoms with E-state index in [1.165, 1.54) is 12.8 Å². The molecule has 0 aromatic heterocycles. The van der Waals surface area contributed by atoms with E-state index in [1.54, 1.807) is 23.9 Å². The highest BCUT2D eigenvalue weighted by atomic mass is 32.2. The van der Waals surface area contributed by atoms with Gasteiger partial charge in [-0.1, -0.05) is 12.8 Å². The third-order valence-electron chi connectivity index (χ3n) is 3.38. The average Bonchev–Trinajstić information content (AvgIpc) is 2.70. The zero-order chi connectivity index (χ0) is 13.5. The minimum Gasteiger partial charge on any atom is -0.508 e. The SMILES string of the molecule is O=C(CCSc1ccc(O)cc1)N1CCCCCC1. The van der Waals surface area contributed by atoms with Gasteiger partial charge in [-0.15, -0.1) is 11.8 Å². The number of benzene rings is 1. The first-order valence-electron chi connectivity index (χ1n) is 6.95. The van der Waals surface area contributed by atoms with Crippen LogP contribution in [-0.4, -0.2) is 34.8 Å². The van der Waals surface area contributed by atoms with Crippen LogP contribution in [-0.2, 0) is 4.79 Å². The lowest BCUT2D eigenvalue weighted by Crippen LogP contribution is -2.31. The van der Waals surface area contributed by atoms with Crippen LogP contribution in [0.4, 0.5) is 0 Å². The standard InChI is InChI=1S/C15H21NO2S/c17-13-5-7-14(8-6-13)19-12-9-15(18)16-10-3-1-2-4-11-16/h5-8,17H,1-4,9-12H2. The molecule has 0 saturated carbocycles. The van der Waals surface area contributed by atoms with E-state index >= 15 is 0 Å². The highest BCUT2D eigenvalue weighted by Crippen LogP contribution is 2.21. The highest BCUT2D eigenvalue weighted by molar-refractivity contribution is 7.99. The van der Waals surface area contributed by atoms with Crippen molar-refractivity contribution in [3.63, 3.8) is 0 Å². The van der Waals surface area contributed by atoms with E-state index in [-0.39, 0.29) is 11.7 Å². The second kappa shape index (κ2) is 7.43. The second-order valence-electron chi connectivity index (χ2n) is 4.89. The smallest absolute Gasteiger partial charge is 0.223 e. The first-order valence-corrected chi connectivity index (χ1v) is 7.94. The topological polar surface area (TPSA) is 40.5 Å². The van der Waals surface area contributed by atoms with Gasteiger partial charge in [-0.2, -0.15) is 0 Å². The summed E-state index contributed by atoms with van der Waals surface area (Å²) in [5.41, 5.74) is 0. The number of aromatic hydroxyl groups is 1. The number of rotatable bonds is 4. The molecule has 1 aliphatic rings. The van der Waals surface area contributed by atoms with Crippen molar-refractivity contribution in [3.8, 4) is 5.75 Å². The average molecular weight is 279 g/mol. The number of carbonyl (C=O) groups is 1. The molecule has 1 heterocycles. The molecular formula is C15H21NO2S. The summed E-state index contributed by atoms with van der Waals surface area (Å²) in [5.74, 6) is 1.37. The van der Waals surface area contributed by atoms with Crippen LogP contribution < -0.4 is 0 Å². The molecule has 1 amide bonds. The molecule has 0 aliphatic carbocycles. The van der Waals surface area contributed by atoms with E-state index in [0.29, 0.717) is 6.42 Å². The number of carbonyl (C=O) groups excluding carboxylic acids is 1. The lowest BCUT2D eigenvalue weighted by molar-refractivity contribution is -0.130. The summed E-state index contributed by atoms with van der Waals surface area (Å²) in [6.45, 7) is 1.87. The van der Waals surface area contributed by atoms with Gasteiger partial charge in [0.05, 0.1) is 0 Å². The van der Waals surface area contributed by atoms with Crippen LogP contribution in [0.2, 0.25) is 0 Å². The first kappa shape index (κ1) is 14.3. The van der Waals surface area contributed by atoms with Gasteiger partial charge in [0.1, 0.15) is 5.75 Å². The number of likely N-dealkylation sites (tertiary alicyclic amines) is 1. The summed E-state index contributed by atoms with van der Waals surface area (Å²) in [6.07, 6.45) is 5.41. The van der Waals surface area contributed by atoms with Crippen LogP contribution in [0, 0.1) is 0 Å². The number of amides is 1. The fourth-order valence-corrected chi connectivity index (χ4v) is 3.12. The molecule has 4 heteroatoms. The number of hydrogen-bond donors (Lipinski definition) is 1. The monoisotopic (exact) mass is 279 g/mol. The van der Waals surface area contributed by atoms with Gasteiger partial charge in [-0.25, -0.2) is 0 Å². The summed E-state index contributed by atoms with van der Waals surface area (Å²) in [5, 5.41) is 9.20. The van der Waals surface area contributed by atoms with Crippen molar-refractivity contribution < 1.29 is 9.90 Å². The second-order valence-corrected chi connectivity index (χ2v) is 6.06. The van der Waals surface area contributed by atoms with Gasteiger partial charge < -0.3 is 10.0 Å². The van der Waals surface area contributed by atoms with Crippen molar-refractivity contribution in [2.45, 2.75) is 37.0 Å². The fraction of sp³-hybridized carbons (Fsp3) is 0.533.